The van der Waals surface area contributed by atoms with Crippen LogP contribution < -0.4 is 10.6 Å². The fourth-order valence-electron chi connectivity index (χ4n) is 2.70. The lowest BCUT2D eigenvalue weighted by Gasteiger charge is -2.11. The van der Waals surface area contributed by atoms with E-state index < -0.39 is 0 Å². The minimum absolute atomic E-state index is 0.157. The van der Waals surface area contributed by atoms with Gasteiger partial charge in [-0.2, -0.15) is 0 Å². The van der Waals surface area contributed by atoms with Crippen LogP contribution in [0.15, 0.2) is 18.3 Å². The van der Waals surface area contributed by atoms with Crippen molar-refractivity contribution in [3.05, 3.63) is 35.5 Å². The molecule has 0 aliphatic carbocycles. The monoisotopic (exact) mass is 300 g/mol. The van der Waals surface area contributed by atoms with Gasteiger partial charge in [-0.25, -0.2) is 4.98 Å². The molecular weight excluding hydrogens is 280 g/mol. The van der Waals surface area contributed by atoms with Gasteiger partial charge in [0.05, 0.1) is 12.1 Å². The van der Waals surface area contributed by atoms with Gasteiger partial charge in [0.15, 0.2) is 5.82 Å². The van der Waals surface area contributed by atoms with Crippen LogP contribution in [0.1, 0.15) is 41.3 Å². The fraction of sp³-hybridized carbons (Fsp3) is 0.467. The second-order valence-electron chi connectivity index (χ2n) is 5.33. The summed E-state index contributed by atoms with van der Waals surface area (Å²) in [5.41, 5.74) is 0.528. The standard InChI is InChI=1S/C15H20N6O/c1-16-15(22)11-6-5-8-17-14(11)18-10-13-20-19-12-7-3-2-4-9-21(12)13/h5-6,8H,2-4,7,9-10H2,1H3,(H,16,22)(H,17,18). The Morgan fingerprint density at radius 3 is 3.09 bits per heavy atom. The Hall–Kier alpha value is -2.44. The molecule has 0 atom stereocenters. The number of nitrogens with zero attached hydrogens (tertiary/aromatic N) is 4. The molecular formula is C15H20N6O. The molecule has 0 radical (unpaired) electrons. The number of hydrogen-bond donors (Lipinski definition) is 2. The van der Waals surface area contributed by atoms with E-state index >= 15 is 0 Å². The molecule has 1 aliphatic heterocycles. The number of pyridine rings is 1. The molecule has 2 aromatic heterocycles. The van der Waals surface area contributed by atoms with Crippen LogP contribution >= 0.6 is 0 Å². The Morgan fingerprint density at radius 2 is 2.23 bits per heavy atom. The van der Waals surface area contributed by atoms with Gasteiger partial charge in [-0.3, -0.25) is 4.79 Å². The molecule has 0 spiro atoms. The molecule has 3 heterocycles. The number of carbonyl (C=O) groups is 1. The highest BCUT2D eigenvalue weighted by Crippen LogP contribution is 2.16. The van der Waals surface area contributed by atoms with Gasteiger partial charge in [0.25, 0.3) is 5.91 Å². The number of carbonyl (C=O) groups excluding carboxylic acids is 1. The molecule has 116 valence electrons. The highest BCUT2D eigenvalue weighted by atomic mass is 16.1. The Bertz CT molecular complexity index is 666. The van der Waals surface area contributed by atoms with Crippen LogP contribution in [0.3, 0.4) is 0 Å². The fourth-order valence-corrected chi connectivity index (χ4v) is 2.70. The SMILES string of the molecule is CNC(=O)c1cccnc1NCc1nnc2n1CCCCC2. The van der Waals surface area contributed by atoms with Gasteiger partial charge in [-0.05, 0) is 25.0 Å². The molecule has 0 aromatic carbocycles. The van der Waals surface area contributed by atoms with Crippen LogP contribution in [0.4, 0.5) is 5.82 Å². The van der Waals surface area contributed by atoms with Crippen molar-refractivity contribution in [1.29, 1.82) is 0 Å². The van der Waals surface area contributed by atoms with Crippen molar-refractivity contribution in [2.24, 2.45) is 0 Å². The van der Waals surface area contributed by atoms with Crippen LogP contribution in [0.5, 0.6) is 0 Å². The summed E-state index contributed by atoms with van der Waals surface area (Å²) in [7, 11) is 1.61. The van der Waals surface area contributed by atoms with E-state index in [1.54, 1.807) is 25.4 Å². The smallest absolute Gasteiger partial charge is 0.254 e. The summed E-state index contributed by atoms with van der Waals surface area (Å²) >= 11 is 0. The zero-order valence-corrected chi connectivity index (χ0v) is 12.7. The van der Waals surface area contributed by atoms with Crippen molar-refractivity contribution < 1.29 is 4.79 Å². The number of fused-ring (bicyclic) bond motifs is 1. The van der Waals surface area contributed by atoms with E-state index in [0.717, 1.165) is 31.0 Å². The molecule has 1 amide bonds. The maximum absolute atomic E-state index is 11.8. The van der Waals surface area contributed by atoms with Gasteiger partial charge in [0.2, 0.25) is 0 Å². The lowest BCUT2D eigenvalue weighted by molar-refractivity contribution is 0.0963. The van der Waals surface area contributed by atoms with Crippen molar-refractivity contribution >= 4 is 11.7 Å². The van der Waals surface area contributed by atoms with E-state index in [4.69, 9.17) is 0 Å². The summed E-state index contributed by atoms with van der Waals surface area (Å²) in [5.74, 6) is 2.36. The van der Waals surface area contributed by atoms with E-state index in [-0.39, 0.29) is 5.91 Å². The lowest BCUT2D eigenvalue weighted by Crippen LogP contribution is -2.20. The zero-order valence-electron chi connectivity index (χ0n) is 12.7. The minimum Gasteiger partial charge on any atom is -0.362 e. The molecule has 0 fully saturated rings. The van der Waals surface area contributed by atoms with Gasteiger partial charge in [-0.1, -0.05) is 6.42 Å². The number of nitrogens with one attached hydrogen (secondary N) is 2. The van der Waals surface area contributed by atoms with Crippen LogP contribution in [0, 0.1) is 0 Å². The number of aromatic nitrogens is 4. The molecule has 2 aromatic rings. The van der Waals surface area contributed by atoms with Gasteiger partial charge in [0.1, 0.15) is 11.6 Å². The second-order valence-corrected chi connectivity index (χ2v) is 5.33. The molecule has 0 bridgehead atoms. The largest absolute Gasteiger partial charge is 0.362 e. The maximum Gasteiger partial charge on any atom is 0.254 e. The maximum atomic E-state index is 11.8. The molecule has 0 unspecified atom stereocenters. The average Bonchev–Trinajstić information content (AvgIpc) is 2.79. The normalized spacial score (nSPS) is 14.0. The number of hydrogen-bond acceptors (Lipinski definition) is 5. The van der Waals surface area contributed by atoms with Crippen molar-refractivity contribution in [3.8, 4) is 0 Å². The number of aryl methyl sites for hydroxylation is 1. The van der Waals surface area contributed by atoms with E-state index in [0.29, 0.717) is 17.9 Å². The second kappa shape index (κ2) is 6.55. The Labute approximate surface area is 129 Å². The predicted molar refractivity (Wildman–Crippen MR) is 82.5 cm³/mol. The van der Waals surface area contributed by atoms with Crippen LogP contribution in [-0.2, 0) is 19.5 Å². The van der Waals surface area contributed by atoms with Gasteiger partial charge >= 0.3 is 0 Å². The minimum atomic E-state index is -0.157. The third-order valence-corrected chi connectivity index (χ3v) is 3.88. The highest BCUT2D eigenvalue weighted by Gasteiger charge is 2.16. The van der Waals surface area contributed by atoms with E-state index in [1.165, 1.54) is 12.8 Å². The van der Waals surface area contributed by atoms with Crippen molar-refractivity contribution in [2.45, 2.75) is 38.8 Å². The van der Waals surface area contributed by atoms with Gasteiger partial charge in [0, 0.05) is 26.2 Å². The Morgan fingerprint density at radius 1 is 1.32 bits per heavy atom. The first-order valence-electron chi connectivity index (χ1n) is 7.61. The molecule has 0 saturated carbocycles. The van der Waals surface area contributed by atoms with Crippen LogP contribution in [0.25, 0.3) is 0 Å². The Kier molecular flexibility index (Phi) is 4.32. The summed E-state index contributed by atoms with van der Waals surface area (Å²) in [6.07, 6.45) is 6.22. The van der Waals surface area contributed by atoms with E-state index in [1.807, 2.05) is 0 Å². The van der Waals surface area contributed by atoms with E-state index in [9.17, 15) is 4.79 Å². The molecule has 22 heavy (non-hydrogen) atoms. The molecule has 7 heteroatoms. The number of rotatable bonds is 4. The summed E-state index contributed by atoms with van der Waals surface area (Å²) in [4.78, 5) is 16.1. The molecule has 1 aliphatic rings. The predicted octanol–water partition coefficient (Wildman–Crippen LogP) is 1.37. The number of amides is 1. The van der Waals surface area contributed by atoms with E-state index in [2.05, 4.69) is 30.4 Å². The van der Waals surface area contributed by atoms with Gasteiger partial charge < -0.3 is 15.2 Å². The Balaban J connectivity index is 1.76. The quantitative estimate of drug-likeness (QED) is 0.891. The van der Waals surface area contributed by atoms with Crippen molar-refractivity contribution in [2.75, 3.05) is 12.4 Å². The van der Waals surface area contributed by atoms with Crippen molar-refractivity contribution in [3.63, 3.8) is 0 Å². The summed E-state index contributed by atoms with van der Waals surface area (Å²) in [5, 5.41) is 14.4. The molecule has 3 rings (SSSR count). The number of anilines is 1. The molecule has 2 N–H and O–H groups in total. The first-order valence-corrected chi connectivity index (χ1v) is 7.61. The third kappa shape index (κ3) is 2.93. The topological polar surface area (TPSA) is 84.7 Å². The molecule has 7 nitrogen and oxygen atoms in total. The summed E-state index contributed by atoms with van der Waals surface area (Å²) < 4.78 is 2.18. The summed E-state index contributed by atoms with van der Waals surface area (Å²) in [6.45, 7) is 1.47. The summed E-state index contributed by atoms with van der Waals surface area (Å²) in [6, 6.07) is 3.50. The highest BCUT2D eigenvalue weighted by molar-refractivity contribution is 5.98. The lowest BCUT2D eigenvalue weighted by atomic mass is 10.2. The van der Waals surface area contributed by atoms with Crippen LogP contribution in [-0.4, -0.2) is 32.7 Å². The van der Waals surface area contributed by atoms with Crippen molar-refractivity contribution in [1.82, 2.24) is 25.1 Å². The zero-order chi connectivity index (χ0) is 15.4. The first-order chi connectivity index (χ1) is 10.8. The van der Waals surface area contributed by atoms with Crippen LogP contribution in [0.2, 0.25) is 0 Å². The average molecular weight is 300 g/mol. The van der Waals surface area contributed by atoms with Gasteiger partial charge in [-0.15, -0.1) is 10.2 Å². The molecule has 0 saturated heterocycles. The first kappa shape index (κ1) is 14.5. The third-order valence-electron chi connectivity index (χ3n) is 3.88.